The lowest BCUT2D eigenvalue weighted by Crippen LogP contribution is -2.36. The van der Waals surface area contributed by atoms with Crippen molar-refractivity contribution in [1.29, 1.82) is 0 Å². The molecule has 4 heteroatoms. The molecule has 2 saturated carbocycles. The maximum Gasteiger partial charge on any atom is 0.234 e. The van der Waals surface area contributed by atoms with Crippen LogP contribution in [0, 0.1) is 5.92 Å². The molecule has 0 atom stereocenters. The van der Waals surface area contributed by atoms with Crippen LogP contribution in [0.3, 0.4) is 0 Å². The molecule has 0 aromatic heterocycles. The van der Waals surface area contributed by atoms with Crippen LogP contribution in [0.4, 0.5) is 0 Å². The number of ether oxygens (including phenoxy) is 1. The Labute approximate surface area is 90.8 Å². The van der Waals surface area contributed by atoms with Crippen LogP contribution >= 0.6 is 0 Å². The van der Waals surface area contributed by atoms with Gasteiger partial charge in [0.2, 0.25) is 5.91 Å². The Morgan fingerprint density at radius 3 is 2.73 bits per heavy atom. The van der Waals surface area contributed by atoms with Crippen molar-refractivity contribution in [2.75, 3.05) is 26.3 Å². The van der Waals surface area contributed by atoms with E-state index in [9.17, 15) is 4.79 Å². The summed E-state index contributed by atoms with van der Waals surface area (Å²) in [5.41, 5.74) is 0. The lowest BCUT2D eigenvalue weighted by atomic mass is 10.5. The number of amides is 1. The standard InChI is InChI=1S/C11H20N2O2/c14-11(7-13-10-3-4-10)12-5-6-15-8-9-1-2-9/h9-10,13H,1-8H2,(H,12,14). The quantitative estimate of drug-likeness (QED) is 0.568. The summed E-state index contributed by atoms with van der Waals surface area (Å²) in [4.78, 5) is 11.3. The zero-order chi connectivity index (χ0) is 10.5. The Hall–Kier alpha value is -0.610. The van der Waals surface area contributed by atoms with Gasteiger partial charge < -0.3 is 15.4 Å². The maximum absolute atomic E-state index is 11.3. The molecule has 4 nitrogen and oxygen atoms in total. The third-order valence-corrected chi connectivity index (χ3v) is 2.75. The minimum absolute atomic E-state index is 0.0805. The maximum atomic E-state index is 11.3. The van der Waals surface area contributed by atoms with E-state index < -0.39 is 0 Å². The predicted molar refractivity (Wildman–Crippen MR) is 57.6 cm³/mol. The van der Waals surface area contributed by atoms with Gasteiger partial charge in [0.05, 0.1) is 13.2 Å². The summed E-state index contributed by atoms with van der Waals surface area (Å²) in [6.07, 6.45) is 5.07. The van der Waals surface area contributed by atoms with Crippen LogP contribution in [-0.4, -0.2) is 38.3 Å². The molecule has 1 amide bonds. The van der Waals surface area contributed by atoms with Crippen molar-refractivity contribution in [3.05, 3.63) is 0 Å². The minimum atomic E-state index is 0.0805. The van der Waals surface area contributed by atoms with Crippen molar-refractivity contribution < 1.29 is 9.53 Å². The van der Waals surface area contributed by atoms with Crippen LogP contribution in [0.2, 0.25) is 0 Å². The molecule has 2 rings (SSSR count). The SMILES string of the molecule is O=C(CNC1CC1)NCCOCC1CC1. The van der Waals surface area contributed by atoms with Crippen molar-refractivity contribution in [3.8, 4) is 0 Å². The van der Waals surface area contributed by atoms with Gasteiger partial charge in [-0.05, 0) is 31.6 Å². The first-order chi connectivity index (χ1) is 7.34. The highest BCUT2D eigenvalue weighted by Gasteiger charge is 2.21. The average Bonchev–Trinajstić information content (AvgIpc) is 3.08. The zero-order valence-electron chi connectivity index (χ0n) is 9.13. The molecule has 0 saturated heterocycles. The molecule has 86 valence electrons. The van der Waals surface area contributed by atoms with Crippen LogP contribution in [0.15, 0.2) is 0 Å². The van der Waals surface area contributed by atoms with Gasteiger partial charge in [-0.25, -0.2) is 0 Å². The van der Waals surface area contributed by atoms with E-state index in [-0.39, 0.29) is 5.91 Å². The van der Waals surface area contributed by atoms with Crippen molar-refractivity contribution in [1.82, 2.24) is 10.6 Å². The second-order valence-corrected chi connectivity index (χ2v) is 4.52. The smallest absolute Gasteiger partial charge is 0.234 e. The van der Waals surface area contributed by atoms with E-state index in [1.807, 2.05) is 0 Å². The summed E-state index contributed by atoms with van der Waals surface area (Å²) in [6.45, 7) is 2.60. The van der Waals surface area contributed by atoms with Crippen LogP contribution in [0.1, 0.15) is 25.7 Å². The van der Waals surface area contributed by atoms with Crippen LogP contribution in [0.5, 0.6) is 0 Å². The molecule has 0 radical (unpaired) electrons. The summed E-state index contributed by atoms with van der Waals surface area (Å²) in [5, 5.41) is 6.01. The first-order valence-corrected chi connectivity index (χ1v) is 5.92. The second kappa shape index (κ2) is 5.47. The van der Waals surface area contributed by atoms with Crippen molar-refractivity contribution in [3.63, 3.8) is 0 Å². The molecule has 0 bridgehead atoms. The van der Waals surface area contributed by atoms with E-state index in [1.54, 1.807) is 0 Å². The summed E-state index contributed by atoms with van der Waals surface area (Å²) >= 11 is 0. The number of carbonyl (C=O) groups is 1. The molecule has 2 N–H and O–H groups in total. The van der Waals surface area contributed by atoms with E-state index in [2.05, 4.69) is 10.6 Å². The van der Waals surface area contributed by atoms with Crippen LogP contribution in [0.25, 0.3) is 0 Å². The Morgan fingerprint density at radius 1 is 1.27 bits per heavy atom. The molecule has 0 aliphatic heterocycles. The summed E-state index contributed by atoms with van der Waals surface area (Å²) in [6, 6.07) is 0.599. The summed E-state index contributed by atoms with van der Waals surface area (Å²) in [7, 11) is 0. The largest absolute Gasteiger partial charge is 0.379 e. The molecule has 2 aliphatic carbocycles. The molecule has 0 aromatic carbocycles. The highest BCUT2D eigenvalue weighted by Crippen LogP contribution is 2.28. The van der Waals surface area contributed by atoms with Crippen LogP contribution in [-0.2, 0) is 9.53 Å². The van der Waals surface area contributed by atoms with Gasteiger partial charge in [-0.2, -0.15) is 0 Å². The normalized spacial score (nSPS) is 20.3. The molecule has 0 heterocycles. The van der Waals surface area contributed by atoms with Gasteiger partial charge in [0, 0.05) is 19.2 Å². The van der Waals surface area contributed by atoms with E-state index in [1.165, 1.54) is 25.7 Å². The summed E-state index contributed by atoms with van der Waals surface area (Å²) in [5.74, 6) is 0.883. The van der Waals surface area contributed by atoms with E-state index in [0.29, 0.717) is 25.7 Å². The second-order valence-electron chi connectivity index (χ2n) is 4.52. The van der Waals surface area contributed by atoms with Crippen LogP contribution < -0.4 is 10.6 Å². The van der Waals surface area contributed by atoms with Crippen molar-refractivity contribution in [2.24, 2.45) is 5.92 Å². The lowest BCUT2D eigenvalue weighted by molar-refractivity contribution is -0.120. The number of hydrogen-bond acceptors (Lipinski definition) is 3. The number of carbonyl (C=O) groups excluding carboxylic acids is 1. The predicted octanol–water partition coefficient (Wildman–Crippen LogP) is 0.281. The third kappa shape index (κ3) is 5.14. The molecule has 0 spiro atoms. The highest BCUT2D eigenvalue weighted by molar-refractivity contribution is 5.78. The lowest BCUT2D eigenvalue weighted by Gasteiger charge is -2.06. The fourth-order valence-corrected chi connectivity index (χ4v) is 1.38. The average molecular weight is 212 g/mol. The molecule has 15 heavy (non-hydrogen) atoms. The first-order valence-electron chi connectivity index (χ1n) is 5.92. The third-order valence-electron chi connectivity index (χ3n) is 2.75. The van der Waals surface area contributed by atoms with E-state index in [4.69, 9.17) is 4.74 Å². The van der Waals surface area contributed by atoms with Gasteiger partial charge in [0.1, 0.15) is 0 Å². The van der Waals surface area contributed by atoms with Gasteiger partial charge in [-0.1, -0.05) is 0 Å². The topological polar surface area (TPSA) is 50.4 Å². The molecule has 0 aromatic rings. The summed E-state index contributed by atoms with van der Waals surface area (Å²) < 4.78 is 5.41. The van der Waals surface area contributed by atoms with E-state index in [0.717, 1.165) is 12.5 Å². The molecule has 0 unspecified atom stereocenters. The van der Waals surface area contributed by atoms with Gasteiger partial charge in [0.15, 0.2) is 0 Å². The number of rotatable bonds is 8. The molecule has 2 aliphatic rings. The molecule has 2 fully saturated rings. The van der Waals surface area contributed by atoms with E-state index >= 15 is 0 Å². The highest BCUT2D eigenvalue weighted by atomic mass is 16.5. The Bertz CT molecular complexity index is 213. The first kappa shape index (κ1) is 10.9. The fraction of sp³-hybridized carbons (Fsp3) is 0.909. The zero-order valence-corrected chi connectivity index (χ0v) is 9.13. The van der Waals surface area contributed by atoms with Gasteiger partial charge in [0.25, 0.3) is 0 Å². The number of nitrogens with one attached hydrogen (secondary N) is 2. The molecular formula is C11H20N2O2. The van der Waals surface area contributed by atoms with Gasteiger partial charge in [-0.15, -0.1) is 0 Å². The fourth-order valence-electron chi connectivity index (χ4n) is 1.38. The Morgan fingerprint density at radius 2 is 2.07 bits per heavy atom. The van der Waals surface area contributed by atoms with Gasteiger partial charge in [-0.3, -0.25) is 4.79 Å². The number of hydrogen-bond donors (Lipinski definition) is 2. The monoisotopic (exact) mass is 212 g/mol. The van der Waals surface area contributed by atoms with Crippen molar-refractivity contribution >= 4 is 5.91 Å². The Balaban J connectivity index is 1.36. The Kier molecular flexibility index (Phi) is 3.97. The van der Waals surface area contributed by atoms with Crippen molar-refractivity contribution in [2.45, 2.75) is 31.7 Å². The van der Waals surface area contributed by atoms with Gasteiger partial charge >= 0.3 is 0 Å². The molecular weight excluding hydrogens is 192 g/mol. The minimum Gasteiger partial charge on any atom is -0.379 e.